The molecule has 0 unspecified atom stereocenters. The van der Waals surface area contributed by atoms with Crippen molar-refractivity contribution in [3.63, 3.8) is 0 Å². The van der Waals surface area contributed by atoms with Crippen LogP contribution in [0.5, 0.6) is 0 Å². The van der Waals surface area contributed by atoms with Crippen LogP contribution >= 0.6 is 11.3 Å². The molecule has 2 aromatic heterocycles. The molecule has 4 rings (SSSR count). The Morgan fingerprint density at radius 3 is 2.48 bits per heavy atom. The number of halogens is 1. The third-order valence-electron chi connectivity index (χ3n) is 4.34. The summed E-state index contributed by atoms with van der Waals surface area (Å²) in [5, 5.41) is 3.90. The molecule has 0 saturated heterocycles. The smallest absolute Gasteiger partial charge is 0.279 e. The fourth-order valence-corrected chi connectivity index (χ4v) is 3.67. The second-order valence-electron chi connectivity index (χ2n) is 6.55. The molecule has 0 aliphatic heterocycles. The van der Waals surface area contributed by atoms with Crippen molar-refractivity contribution in [3.05, 3.63) is 83.3 Å². The van der Waals surface area contributed by atoms with E-state index in [-0.39, 0.29) is 24.6 Å². The minimum Gasteiger partial charge on any atom is -0.339 e. The number of carbonyl (C=O) groups excluding carboxylic acids is 2. The maximum Gasteiger partial charge on any atom is 0.279 e. The van der Waals surface area contributed by atoms with Crippen LogP contribution < -0.4 is 10.9 Å². The van der Waals surface area contributed by atoms with E-state index in [0.717, 1.165) is 16.0 Å². The quantitative estimate of drug-likeness (QED) is 0.446. The summed E-state index contributed by atoms with van der Waals surface area (Å²) in [6.45, 7) is 0. The molecular formula is C22H17FN4O3S. The lowest BCUT2D eigenvalue weighted by atomic mass is 10.2. The Bertz CT molecular complexity index is 1190. The highest BCUT2D eigenvalue weighted by molar-refractivity contribution is 7.17. The summed E-state index contributed by atoms with van der Waals surface area (Å²) in [6.07, 6.45) is 0.317. The highest BCUT2D eigenvalue weighted by atomic mass is 32.1. The van der Waals surface area contributed by atoms with Crippen molar-refractivity contribution in [1.29, 1.82) is 0 Å². The lowest BCUT2D eigenvalue weighted by molar-refractivity contribution is -0.121. The summed E-state index contributed by atoms with van der Waals surface area (Å²) in [5.74, 6) is -0.349. The summed E-state index contributed by atoms with van der Waals surface area (Å²) in [4.78, 5) is 29.8. The summed E-state index contributed by atoms with van der Waals surface area (Å²) in [5.41, 5.74) is 6.39. The number of rotatable bonds is 6. The Balaban J connectivity index is 1.26. The normalized spacial score (nSPS) is 10.6. The molecule has 0 saturated carbocycles. The van der Waals surface area contributed by atoms with Gasteiger partial charge >= 0.3 is 0 Å². The van der Waals surface area contributed by atoms with Gasteiger partial charge in [-0.25, -0.2) is 4.39 Å². The zero-order chi connectivity index (χ0) is 21.6. The maximum atomic E-state index is 13.0. The van der Waals surface area contributed by atoms with Crippen molar-refractivity contribution >= 4 is 23.2 Å². The van der Waals surface area contributed by atoms with E-state index in [4.69, 9.17) is 4.52 Å². The van der Waals surface area contributed by atoms with Gasteiger partial charge in [0, 0.05) is 23.3 Å². The van der Waals surface area contributed by atoms with Gasteiger partial charge in [-0.3, -0.25) is 20.4 Å². The number of benzene rings is 2. The zero-order valence-corrected chi connectivity index (χ0v) is 17.0. The molecule has 7 nitrogen and oxygen atoms in total. The van der Waals surface area contributed by atoms with E-state index < -0.39 is 5.91 Å². The van der Waals surface area contributed by atoms with Crippen LogP contribution in [-0.4, -0.2) is 22.0 Å². The van der Waals surface area contributed by atoms with Crippen molar-refractivity contribution < 1.29 is 18.5 Å². The Hall–Kier alpha value is -3.85. The lowest BCUT2D eigenvalue weighted by Gasteiger charge is -2.05. The van der Waals surface area contributed by atoms with Gasteiger partial charge in [0.15, 0.2) is 0 Å². The van der Waals surface area contributed by atoms with Crippen LogP contribution in [0.25, 0.3) is 21.8 Å². The minimum atomic E-state index is -0.434. The molecule has 0 radical (unpaired) electrons. The SMILES string of the molecule is O=C(CCc1nc(-c2ccccc2)no1)NNC(=O)c1ccc(-c2ccc(F)cc2)s1. The maximum absolute atomic E-state index is 13.0. The molecule has 156 valence electrons. The number of hydrogen-bond donors (Lipinski definition) is 2. The van der Waals surface area contributed by atoms with E-state index in [2.05, 4.69) is 21.0 Å². The Morgan fingerprint density at radius 1 is 0.935 bits per heavy atom. The molecule has 0 atom stereocenters. The van der Waals surface area contributed by atoms with Crippen LogP contribution in [0.1, 0.15) is 22.0 Å². The van der Waals surface area contributed by atoms with E-state index in [1.807, 2.05) is 30.3 Å². The van der Waals surface area contributed by atoms with Crippen molar-refractivity contribution in [2.24, 2.45) is 0 Å². The van der Waals surface area contributed by atoms with E-state index in [0.29, 0.717) is 16.6 Å². The first kappa shape index (κ1) is 20.4. The van der Waals surface area contributed by atoms with E-state index in [1.54, 1.807) is 24.3 Å². The van der Waals surface area contributed by atoms with Crippen LogP contribution in [-0.2, 0) is 11.2 Å². The van der Waals surface area contributed by atoms with Gasteiger partial charge in [-0.2, -0.15) is 4.98 Å². The van der Waals surface area contributed by atoms with Crippen LogP contribution in [0, 0.1) is 5.82 Å². The van der Waals surface area contributed by atoms with E-state index in [9.17, 15) is 14.0 Å². The highest BCUT2D eigenvalue weighted by Crippen LogP contribution is 2.28. The molecule has 0 bridgehead atoms. The van der Waals surface area contributed by atoms with E-state index >= 15 is 0 Å². The molecular weight excluding hydrogens is 419 g/mol. The molecule has 2 N–H and O–H groups in total. The number of aromatic nitrogens is 2. The second kappa shape index (κ2) is 9.31. The van der Waals surface area contributed by atoms with Crippen molar-refractivity contribution in [2.75, 3.05) is 0 Å². The fraction of sp³-hybridized carbons (Fsp3) is 0.0909. The molecule has 0 aliphatic carbocycles. The number of hydrogen-bond acceptors (Lipinski definition) is 6. The Kier molecular flexibility index (Phi) is 6.13. The Labute approximate surface area is 180 Å². The number of carbonyl (C=O) groups is 2. The molecule has 0 fully saturated rings. The molecule has 9 heteroatoms. The number of nitrogens with zero attached hydrogens (tertiary/aromatic N) is 2. The van der Waals surface area contributed by atoms with Crippen LogP contribution in [0.3, 0.4) is 0 Å². The third kappa shape index (κ3) is 5.20. The van der Waals surface area contributed by atoms with Gasteiger partial charge in [-0.1, -0.05) is 47.6 Å². The first-order chi connectivity index (χ1) is 15.1. The van der Waals surface area contributed by atoms with Gasteiger partial charge in [0.1, 0.15) is 5.82 Å². The van der Waals surface area contributed by atoms with Crippen molar-refractivity contribution in [3.8, 4) is 21.8 Å². The zero-order valence-electron chi connectivity index (χ0n) is 16.2. The summed E-state index contributed by atoms with van der Waals surface area (Å²) in [6, 6.07) is 18.8. The predicted molar refractivity (Wildman–Crippen MR) is 113 cm³/mol. The standard InChI is InChI=1S/C22H17FN4O3S/c23-16-8-6-14(7-9-16)17-10-11-18(31-17)22(29)26-25-19(28)12-13-20-24-21(27-30-20)15-4-2-1-3-5-15/h1-11H,12-13H2,(H,25,28)(H,26,29). The summed E-state index contributed by atoms with van der Waals surface area (Å²) >= 11 is 1.24. The van der Waals surface area contributed by atoms with Gasteiger partial charge in [0.2, 0.25) is 17.6 Å². The lowest BCUT2D eigenvalue weighted by Crippen LogP contribution is -2.41. The average molecular weight is 436 g/mol. The number of amides is 2. The van der Waals surface area contributed by atoms with Gasteiger partial charge < -0.3 is 4.52 Å². The van der Waals surface area contributed by atoms with Gasteiger partial charge in [-0.05, 0) is 29.8 Å². The largest absolute Gasteiger partial charge is 0.339 e. The summed E-state index contributed by atoms with van der Waals surface area (Å²) < 4.78 is 18.2. The molecule has 2 heterocycles. The number of aryl methyl sites for hydroxylation is 1. The molecule has 2 amide bonds. The van der Waals surface area contributed by atoms with Crippen molar-refractivity contribution in [1.82, 2.24) is 21.0 Å². The number of nitrogens with one attached hydrogen (secondary N) is 2. The monoisotopic (exact) mass is 436 g/mol. The van der Waals surface area contributed by atoms with Crippen molar-refractivity contribution in [2.45, 2.75) is 12.8 Å². The molecule has 0 spiro atoms. The van der Waals surface area contributed by atoms with Crippen LogP contribution in [0.15, 0.2) is 71.3 Å². The molecule has 4 aromatic rings. The average Bonchev–Trinajstić information content (AvgIpc) is 3.47. The van der Waals surface area contributed by atoms with E-state index in [1.165, 1.54) is 23.5 Å². The van der Waals surface area contributed by atoms with Crippen LogP contribution in [0.4, 0.5) is 4.39 Å². The Morgan fingerprint density at radius 2 is 1.71 bits per heavy atom. The topological polar surface area (TPSA) is 97.1 Å². The minimum absolute atomic E-state index is 0.0714. The first-order valence-corrected chi connectivity index (χ1v) is 10.2. The van der Waals surface area contributed by atoms with Gasteiger partial charge in [0.25, 0.3) is 5.91 Å². The second-order valence-corrected chi connectivity index (χ2v) is 7.63. The number of hydrazine groups is 1. The molecule has 0 aliphatic rings. The molecule has 31 heavy (non-hydrogen) atoms. The molecule has 2 aromatic carbocycles. The summed E-state index contributed by atoms with van der Waals surface area (Å²) in [7, 11) is 0. The third-order valence-corrected chi connectivity index (χ3v) is 5.47. The number of thiophene rings is 1. The van der Waals surface area contributed by atoms with Gasteiger partial charge in [0.05, 0.1) is 4.88 Å². The highest BCUT2D eigenvalue weighted by Gasteiger charge is 2.13. The van der Waals surface area contributed by atoms with Crippen LogP contribution in [0.2, 0.25) is 0 Å². The van der Waals surface area contributed by atoms with Gasteiger partial charge in [-0.15, -0.1) is 11.3 Å². The fourth-order valence-electron chi connectivity index (χ4n) is 2.76. The first-order valence-electron chi connectivity index (χ1n) is 9.41. The predicted octanol–water partition coefficient (Wildman–Crippen LogP) is 4.00.